The number of hydrogen-bond donors (Lipinski definition) is 1. The summed E-state index contributed by atoms with van der Waals surface area (Å²) >= 11 is 5.83. The number of aryl methyl sites for hydroxylation is 1. The minimum absolute atomic E-state index is 0.00432. The van der Waals surface area contributed by atoms with Gasteiger partial charge in [-0.3, -0.25) is 14.8 Å². The van der Waals surface area contributed by atoms with Crippen molar-refractivity contribution in [1.29, 1.82) is 0 Å². The summed E-state index contributed by atoms with van der Waals surface area (Å²) in [7, 11) is 1.81. The standard InChI is InChI=1S/C11H11ClN4O2/c1-15-5-4-9(14-15)7-13-10-6-8(12)2-3-11(10)16(17)18/h2-6,13H,7H2,1H3. The van der Waals surface area contributed by atoms with E-state index >= 15 is 0 Å². The number of hydrogen-bond acceptors (Lipinski definition) is 4. The first-order chi connectivity index (χ1) is 8.56. The molecular formula is C11H11ClN4O2. The third-order valence-corrected chi connectivity index (χ3v) is 2.62. The van der Waals surface area contributed by atoms with Crippen LogP contribution in [0.2, 0.25) is 5.02 Å². The number of nitrogens with zero attached hydrogens (tertiary/aromatic N) is 3. The average Bonchev–Trinajstić information content (AvgIpc) is 2.72. The van der Waals surface area contributed by atoms with E-state index in [0.717, 1.165) is 5.69 Å². The molecule has 6 nitrogen and oxygen atoms in total. The third kappa shape index (κ3) is 2.78. The maximum atomic E-state index is 10.9. The van der Waals surface area contributed by atoms with E-state index in [0.29, 0.717) is 17.3 Å². The summed E-state index contributed by atoms with van der Waals surface area (Å²) in [4.78, 5) is 10.4. The summed E-state index contributed by atoms with van der Waals surface area (Å²) < 4.78 is 1.67. The minimum Gasteiger partial charge on any atom is -0.374 e. The first kappa shape index (κ1) is 12.4. The maximum Gasteiger partial charge on any atom is 0.292 e. The van der Waals surface area contributed by atoms with E-state index in [1.54, 1.807) is 4.68 Å². The van der Waals surface area contributed by atoms with Crippen LogP contribution in [0, 0.1) is 10.1 Å². The summed E-state index contributed by atoms with van der Waals surface area (Å²) in [6.07, 6.45) is 1.81. The predicted octanol–water partition coefficient (Wildman–Crippen LogP) is 2.59. The average molecular weight is 267 g/mol. The molecule has 0 unspecified atom stereocenters. The maximum absolute atomic E-state index is 10.9. The Morgan fingerprint density at radius 2 is 2.28 bits per heavy atom. The topological polar surface area (TPSA) is 73.0 Å². The highest BCUT2D eigenvalue weighted by Gasteiger charge is 2.13. The zero-order valence-corrected chi connectivity index (χ0v) is 10.4. The molecule has 0 amide bonds. The molecule has 94 valence electrons. The molecule has 0 spiro atoms. The molecule has 1 aromatic heterocycles. The largest absolute Gasteiger partial charge is 0.374 e. The Kier molecular flexibility index (Phi) is 3.47. The highest BCUT2D eigenvalue weighted by molar-refractivity contribution is 6.31. The molecule has 0 atom stereocenters. The van der Waals surface area contributed by atoms with Crippen LogP contribution in [-0.2, 0) is 13.6 Å². The third-order valence-electron chi connectivity index (χ3n) is 2.38. The van der Waals surface area contributed by atoms with Crippen molar-refractivity contribution in [1.82, 2.24) is 9.78 Å². The monoisotopic (exact) mass is 266 g/mol. The Labute approximate surface area is 108 Å². The molecule has 2 rings (SSSR count). The lowest BCUT2D eigenvalue weighted by Gasteiger charge is -2.05. The molecule has 0 saturated carbocycles. The highest BCUT2D eigenvalue weighted by atomic mass is 35.5. The van der Waals surface area contributed by atoms with Crippen LogP contribution in [0.3, 0.4) is 0 Å². The van der Waals surface area contributed by atoms with E-state index in [2.05, 4.69) is 10.4 Å². The van der Waals surface area contributed by atoms with Gasteiger partial charge in [-0.1, -0.05) is 11.6 Å². The number of nitro groups is 1. The molecule has 7 heteroatoms. The summed E-state index contributed by atoms with van der Waals surface area (Å²) in [6, 6.07) is 6.24. The molecule has 1 N–H and O–H groups in total. The predicted molar refractivity (Wildman–Crippen MR) is 68.6 cm³/mol. The van der Waals surface area contributed by atoms with Gasteiger partial charge in [0.1, 0.15) is 5.69 Å². The van der Waals surface area contributed by atoms with Crippen LogP contribution in [0.5, 0.6) is 0 Å². The zero-order valence-electron chi connectivity index (χ0n) is 9.63. The number of aromatic nitrogens is 2. The Balaban J connectivity index is 2.17. The van der Waals surface area contributed by atoms with Gasteiger partial charge in [0.2, 0.25) is 0 Å². The smallest absolute Gasteiger partial charge is 0.292 e. The molecule has 18 heavy (non-hydrogen) atoms. The molecule has 0 aliphatic carbocycles. The van der Waals surface area contributed by atoms with Crippen molar-refractivity contribution in [2.75, 3.05) is 5.32 Å². The molecular weight excluding hydrogens is 256 g/mol. The number of halogens is 1. The molecule has 0 aliphatic heterocycles. The Bertz CT molecular complexity index is 582. The SMILES string of the molecule is Cn1ccc(CNc2cc(Cl)ccc2[N+](=O)[O-])n1. The molecule has 0 aliphatic rings. The first-order valence-corrected chi connectivity index (χ1v) is 5.60. The van der Waals surface area contributed by atoms with Crippen LogP contribution in [0.15, 0.2) is 30.5 Å². The van der Waals surface area contributed by atoms with Crippen molar-refractivity contribution < 1.29 is 4.92 Å². The summed E-state index contributed by atoms with van der Waals surface area (Å²) in [6.45, 7) is 0.405. The number of anilines is 1. The van der Waals surface area contributed by atoms with E-state index in [-0.39, 0.29) is 5.69 Å². The van der Waals surface area contributed by atoms with Crippen molar-refractivity contribution in [3.8, 4) is 0 Å². The van der Waals surface area contributed by atoms with Crippen LogP contribution >= 0.6 is 11.6 Å². The van der Waals surface area contributed by atoms with Crippen molar-refractivity contribution in [2.24, 2.45) is 7.05 Å². The number of nitro benzene ring substituents is 1. The summed E-state index contributed by atoms with van der Waals surface area (Å²) in [5, 5.41) is 18.4. The Morgan fingerprint density at radius 1 is 1.50 bits per heavy atom. The lowest BCUT2D eigenvalue weighted by Crippen LogP contribution is -2.03. The van der Waals surface area contributed by atoms with Crippen LogP contribution < -0.4 is 5.32 Å². The second-order valence-electron chi connectivity index (χ2n) is 3.75. The molecule has 2 aromatic rings. The lowest BCUT2D eigenvalue weighted by molar-refractivity contribution is -0.384. The van der Waals surface area contributed by atoms with Gasteiger partial charge in [-0.15, -0.1) is 0 Å². The summed E-state index contributed by atoms with van der Waals surface area (Å²) in [5.41, 5.74) is 1.18. The number of rotatable bonds is 4. The van der Waals surface area contributed by atoms with Crippen molar-refractivity contribution >= 4 is 23.0 Å². The second-order valence-corrected chi connectivity index (χ2v) is 4.19. The second kappa shape index (κ2) is 5.05. The van der Waals surface area contributed by atoms with Gasteiger partial charge in [-0.05, 0) is 18.2 Å². The van der Waals surface area contributed by atoms with Gasteiger partial charge < -0.3 is 5.32 Å². The Hall–Kier alpha value is -2.08. The fraction of sp³-hybridized carbons (Fsp3) is 0.182. The van der Waals surface area contributed by atoms with E-state index < -0.39 is 4.92 Å². The van der Waals surface area contributed by atoms with E-state index in [1.807, 2.05) is 19.3 Å². The van der Waals surface area contributed by atoms with Gasteiger partial charge in [0.25, 0.3) is 5.69 Å². The normalized spacial score (nSPS) is 10.3. The molecule has 0 saturated heterocycles. The highest BCUT2D eigenvalue weighted by Crippen LogP contribution is 2.27. The van der Waals surface area contributed by atoms with Gasteiger partial charge >= 0.3 is 0 Å². The van der Waals surface area contributed by atoms with Crippen LogP contribution in [0.1, 0.15) is 5.69 Å². The molecule has 0 bridgehead atoms. The van der Waals surface area contributed by atoms with Crippen molar-refractivity contribution in [3.05, 3.63) is 51.3 Å². The van der Waals surface area contributed by atoms with Crippen LogP contribution in [0.4, 0.5) is 11.4 Å². The first-order valence-electron chi connectivity index (χ1n) is 5.22. The van der Waals surface area contributed by atoms with Gasteiger partial charge in [0.15, 0.2) is 0 Å². The van der Waals surface area contributed by atoms with Crippen LogP contribution in [-0.4, -0.2) is 14.7 Å². The number of benzene rings is 1. The quantitative estimate of drug-likeness (QED) is 0.682. The van der Waals surface area contributed by atoms with E-state index in [9.17, 15) is 10.1 Å². The van der Waals surface area contributed by atoms with Crippen molar-refractivity contribution in [2.45, 2.75) is 6.54 Å². The zero-order chi connectivity index (χ0) is 13.1. The van der Waals surface area contributed by atoms with Gasteiger partial charge in [0.05, 0.1) is 17.2 Å². The Morgan fingerprint density at radius 3 is 2.89 bits per heavy atom. The fourth-order valence-corrected chi connectivity index (χ4v) is 1.72. The minimum atomic E-state index is -0.447. The molecule has 1 aromatic carbocycles. The van der Waals surface area contributed by atoms with E-state index in [1.165, 1.54) is 18.2 Å². The fourth-order valence-electron chi connectivity index (χ4n) is 1.55. The number of nitrogens with one attached hydrogen (secondary N) is 1. The van der Waals surface area contributed by atoms with Crippen LogP contribution in [0.25, 0.3) is 0 Å². The molecule has 0 radical (unpaired) electrons. The van der Waals surface area contributed by atoms with E-state index in [4.69, 9.17) is 11.6 Å². The van der Waals surface area contributed by atoms with Gasteiger partial charge in [-0.25, -0.2) is 0 Å². The summed E-state index contributed by atoms with van der Waals surface area (Å²) in [5.74, 6) is 0. The van der Waals surface area contributed by atoms with Crippen molar-refractivity contribution in [3.63, 3.8) is 0 Å². The van der Waals surface area contributed by atoms with Gasteiger partial charge in [0, 0.05) is 24.3 Å². The van der Waals surface area contributed by atoms with Gasteiger partial charge in [-0.2, -0.15) is 5.10 Å². The lowest BCUT2D eigenvalue weighted by atomic mass is 10.2. The molecule has 1 heterocycles. The molecule has 0 fully saturated rings.